The number of furan rings is 1. The Balaban J connectivity index is 1.33. The van der Waals surface area contributed by atoms with Gasteiger partial charge in [-0.3, -0.25) is 4.90 Å². The Kier molecular flexibility index (Phi) is 5.79. The summed E-state index contributed by atoms with van der Waals surface area (Å²) in [6.07, 6.45) is 1.57. The van der Waals surface area contributed by atoms with Gasteiger partial charge in [0.1, 0.15) is 5.82 Å². The van der Waals surface area contributed by atoms with Gasteiger partial charge < -0.3 is 14.4 Å². The number of aromatic nitrogens is 3. The molecule has 0 bridgehead atoms. The molecule has 6 rings (SSSR count). The first-order valence-corrected chi connectivity index (χ1v) is 12.8. The highest BCUT2D eigenvalue weighted by molar-refractivity contribution is 9.10. The van der Waals surface area contributed by atoms with E-state index in [2.05, 4.69) is 47.9 Å². The molecular formula is C25H21BrFN5O2S. The third kappa shape index (κ3) is 4.22. The molecule has 178 valence electrons. The standard InChI is InChI=1S/C25H21BrFN5O2S/c26-17-5-3-16(4-6-17)21(31-13-11-30(12-14-31)19-9-7-18(27)8-10-19)22-24(33)32-25(35-22)28-23(29-32)20-2-1-15-34-20/h1-10,15,21,33H,11-14H2/t21-/m0/s1. The number of hydrogen-bond acceptors (Lipinski definition) is 7. The van der Waals surface area contributed by atoms with E-state index in [9.17, 15) is 9.50 Å². The third-order valence-corrected chi connectivity index (χ3v) is 7.85. The highest BCUT2D eigenvalue weighted by Crippen LogP contribution is 2.41. The number of fused-ring (bicyclic) bond motifs is 1. The predicted molar refractivity (Wildman–Crippen MR) is 136 cm³/mol. The van der Waals surface area contributed by atoms with Crippen LogP contribution in [0.15, 0.2) is 75.8 Å². The molecule has 0 saturated carbocycles. The quantitative estimate of drug-likeness (QED) is 0.307. The van der Waals surface area contributed by atoms with Crippen LogP contribution in [0.4, 0.5) is 10.1 Å². The predicted octanol–water partition coefficient (Wildman–Crippen LogP) is 5.57. The van der Waals surface area contributed by atoms with Crippen molar-refractivity contribution in [2.24, 2.45) is 0 Å². The van der Waals surface area contributed by atoms with E-state index < -0.39 is 0 Å². The topological polar surface area (TPSA) is 70.0 Å². The van der Waals surface area contributed by atoms with Crippen molar-refractivity contribution in [1.82, 2.24) is 19.5 Å². The summed E-state index contributed by atoms with van der Waals surface area (Å²) < 4.78 is 21.3. The van der Waals surface area contributed by atoms with E-state index in [1.807, 2.05) is 24.3 Å². The van der Waals surface area contributed by atoms with Crippen molar-refractivity contribution in [1.29, 1.82) is 0 Å². The molecule has 1 N–H and O–H groups in total. The highest BCUT2D eigenvalue weighted by atomic mass is 79.9. The minimum atomic E-state index is -0.232. The van der Waals surface area contributed by atoms with Gasteiger partial charge in [0.15, 0.2) is 5.76 Å². The van der Waals surface area contributed by atoms with Crippen LogP contribution in [0.5, 0.6) is 5.88 Å². The Bertz CT molecular complexity index is 1440. The zero-order valence-corrected chi connectivity index (χ0v) is 20.9. The van der Waals surface area contributed by atoms with Crippen LogP contribution in [0.1, 0.15) is 16.5 Å². The molecule has 1 atom stereocenters. The van der Waals surface area contributed by atoms with Crippen LogP contribution in [0.25, 0.3) is 16.5 Å². The van der Waals surface area contributed by atoms with Crippen LogP contribution in [0, 0.1) is 5.82 Å². The van der Waals surface area contributed by atoms with Crippen molar-refractivity contribution in [3.8, 4) is 17.5 Å². The monoisotopic (exact) mass is 553 g/mol. The van der Waals surface area contributed by atoms with E-state index in [4.69, 9.17) is 4.42 Å². The maximum Gasteiger partial charge on any atom is 0.230 e. The lowest BCUT2D eigenvalue weighted by Crippen LogP contribution is -2.47. The number of benzene rings is 2. The summed E-state index contributed by atoms with van der Waals surface area (Å²) in [6.45, 7) is 3.15. The Morgan fingerprint density at radius 2 is 1.74 bits per heavy atom. The highest BCUT2D eigenvalue weighted by Gasteiger charge is 2.32. The van der Waals surface area contributed by atoms with Crippen molar-refractivity contribution < 1.29 is 13.9 Å². The Labute approximate surface area is 213 Å². The fourth-order valence-electron chi connectivity index (χ4n) is 4.50. The lowest BCUT2D eigenvalue weighted by Gasteiger charge is -2.40. The zero-order chi connectivity index (χ0) is 23.9. The second kappa shape index (κ2) is 9.10. The first kappa shape index (κ1) is 22.3. The first-order chi connectivity index (χ1) is 17.1. The molecule has 0 aliphatic carbocycles. The first-order valence-electron chi connectivity index (χ1n) is 11.2. The zero-order valence-electron chi connectivity index (χ0n) is 18.5. The Morgan fingerprint density at radius 3 is 2.40 bits per heavy atom. The van der Waals surface area contributed by atoms with E-state index in [1.165, 1.54) is 28.0 Å². The average molecular weight is 554 g/mol. The largest absolute Gasteiger partial charge is 0.492 e. The second-order valence-electron chi connectivity index (χ2n) is 8.35. The maximum absolute atomic E-state index is 13.4. The third-order valence-electron chi connectivity index (χ3n) is 6.25. The number of hydrogen-bond donors (Lipinski definition) is 1. The van der Waals surface area contributed by atoms with Gasteiger partial charge >= 0.3 is 0 Å². The summed E-state index contributed by atoms with van der Waals surface area (Å²) in [5, 5.41) is 15.7. The van der Waals surface area contributed by atoms with Crippen LogP contribution < -0.4 is 4.90 Å². The normalized spacial score (nSPS) is 15.7. The van der Waals surface area contributed by atoms with Gasteiger partial charge in [-0.1, -0.05) is 39.4 Å². The van der Waals surface area contributed by atoms with Crippen molar-refractivity contribution in [3.05, 3.63) is 87.7 Å². The molecule has 1 fully saturated rings. The number of piperazine rings is 1. The van der Waals surface area contributed by atoms with Gasteiger partial charge in [-0.2, -0.15) is 9.50 Å². The SMILES string of the molecule is Oc1c([C@H](c2ccc(Br)cc2)N2CCN(c3ccc(F)cc3)CC2)sc2nc(-c3ccco3)nn12. The minimum absolute atomic E-state index is 0.0872. The van der Waals surface area contributed by atoms with Gasteiger partial charge in [0.2, 0.25) is 16.7 Å². The summed E-state index contributed by atoms with van der Waals surface area (Å²) in [5.41, 5.74) is 2.09. The molecule has 4 heterocycles. The molecule has 7 nitrogen and oxygen atoms in total. The number of anilines is 1. The number of aromatic hydroxyl groups is 1. The van der Waals surface area contributed by atoms with Gasteiger partial charge in [0, 0.05) is 36.3 Å². The molecule has 2 aromatic carbocycles. The van der Waals surface area contributed by atoms with E-state index >= 15 is 0 Å². The molecule has 5 aromatic rings. The fourth-order valence-corrected chi connectivity index (χ4v) is 5.88. The lowest BCUT2D eigenvalue weighted by molar-refractivity contribution is 0.211. The smallest absolute Gasteiger partial charge is 0.230 e. The summed E-state index contributed by atoms with van der Waals surface area (Å²) in [5.74, 6) is 0.855. The summed E-state index contributed by atoms with van der Waals surface area (Å²) >= 11 is 4.95. The van der Waals surface area contributed by atoms with Gasteiger partial charge in [0.25, 0.3) is 0 Å². The van der Waals surface area contributed by atoms with Crippen molar-refractivity contribution >= 4 is 37.9 Å². The van der Waals surface area contributed by atoms with Gasteiger partial charge in [-0.15, -0.1) is 5.10 Å². The number of thiazole rings is 1. The Hall–Kier alpha value is -3.21. The average Bonchev–Trinajstić information content (AvgIpc) is 3.61. The summed E-state index contributed by atoms with van der Waals surface area (Å²) in [7, 11) is 0. The molecule has 1 saturated heterocycles. The molecule has 0 radical (unpaired) electrons. The van der Waals surface area contributed by atoms with Crippen LogP contribution in [0.2, 0.25) is 0 Å². The molecule has 1 aliphatic rings. The van der Waals surface area contributed by atoms with Crippen LogP contribution in [-0.4, -0.2) is 50.8 Å². The van der Waals surface area contributed by atoms with E-state index in [1.54, 1.807) is 18.4 Å². The van der Waals surface area contributed by atoms with Crippen LogP contribution in [0.3, 0.4) is 0 Å². The molecule has 0 amide bonds. The van der Waals surface area contributed by atoms with Gasteiger partial charge in [0.05, 0.1) is 17.2 Å². The second-order valence-corrected chi connectivity index (χ2v) is 10.3. The van der Waals surface area contributed by atoms with Gasteiger partial charge in [-0.05, 0) is 54.1 Å². The number of rotatable bonds is 5. The van der Waals surface area contributed by atoms with Crippen LogP contribution in [-0.2, 0) is 0 Å². The molecular weight excluding hydrogens is 533 g/mol. The fraction of sp³-hybridized carbons (Fsp3) is 0.200. The lowest BCUT2D eigenvalue weighted by atomic mass is 10.0. The molecule has 0 spiro atoms. The number of halogens is 2. The van der Waals surface area contributed by atoms with E-state index in [-0.39, 0.29) is 17.7 Å². The van der Waals surface area contributed by atoms with Crippen LogP contribution >= 0.6 is 27.3 Å². The van der Waals surface area contributed by atoms with Gasteiger partial charge in [-0.25, -0.2) is 4.39 Å². The number of nitrogens with zero attached hydrogens (tertiary/aromatic N) is 5. The van der Waals surface area contributed by atoms with Crippen molar-refractivity contribution in [2.45, 2.75) is 6.04 Å². The minimum Gasteiger partial charge on any atom is -0.492 e. The van der Waals surface area contributed by atoms with E-state index in [0.717, 1.165) is 46.8 Å². The summed E-state index contributed by atoms with van der Waals surface area (Å²) in [4.78, 5) is 10.6. The maximum atomic E-state index is 13.4. The molecule has 0 unspecified atom stereocenters. The summed E-state index contributed by atoms with van der Waals surface area (Å²) in [6, 6.07) is 18.2. The van der Waals surface area contributed by atoms with E-state index in [0.29, 0.717) is 16.5 Å². The van der Waals surface area contributed by atoms with Crippen molar-refractivity contribution in [3.63, 3.8) is 0 Å². The molecule has 35 heavy (non-hydrogen) atoms. The molecule has 1 aliphatic heterocycles. The molecule has 10 heteroatoms. The molecule has 3 aromatic heterocycles. The van der Waals surface area contributed by atoms with Crippen molar-refractivity contribution in [2.75, 3.05) is 31.1 Å². The Morgan fingerprint density at radius 1 is 1.00 bits per heavy atom.